The van der Waals surface area contributed by atoms with Gasteiger partial charge in [0.2, 0.25) is 0 Å². The first-order chi connectivity index (χ1) is 13.4. The zero-order valence-electron chi connectivity index (χ0n) is 14.9. The number of hydrogen-bond donors (Lipinski definition) is 2. The van der Waals surface area contributed by atoms with Crippen LogP contribution >= 0.6 is 0 Å². The van der Waals surface area contributed by atoms with Crippen LogP contribution in [0.15, 0.2) is 66.7 Å². The summed E-state index contributed by atoms with van der Waals surface area (Å²) in [7, 11) is 0. The number of carbonyl (C=O) groups is 3. The van der Waals surface area contributed by atoms with E-state index in [2.05, 4.69) is 15.6 Å². The number of Topliss-reactive ketones (excluding diaryl/α,β-unsaturated/α-hetero) is 1. The minimum absolute atomic E-state index is 0.00870. The summed E-state index contributed by atoms with van der Waals surface area (Å²) in [5.41, 5.74) is 1.22. The number of ketones is 1. The van der Waals surface area contributed by atoms with Gasteiger partial charge in [0.1, 0.15) is 17.2 Å². The predicted octanol–water partition coefficient (Wildman–Crippen LogP) is 3.93. The molecule has 1 heterocycles. The van der Waals surface area contributed by atoms with Gasteiger partial charge in [0.15, 0.2) is 5.78 Å². The molecule has 0 bridgehead atoms. The molecule has 7 heteroatoms. The summed E-state index contributed by atoms with van der Waals surface area (Å²) in [6.07, 6.45) is 0. The second kappa shape index (κ2) is 8.22. The van der Waals surface area contributed by atoms with E-state index in [9.17, 15) is 18.8 Å². The fraction of sp³-hybridized carbons (Fsp3) is 0.0476. The van der Waals surface area contributed by atoms with Gasteiger partial charge in [-0.1, -0.05) is 24.3 Å². The Kier molecular flexibility index (Phi) is 5.55. The molecule has 28 heavy (non-hydrogen) atoms. The van der Waals surface area contributed by atoms with Crippen molar-refractivity contribution in [3.8, 4) is 0 Å². The van der Waals surface area contributed by atoms with E-state index < -0.39 is 17.6 Å². The SMILES string of the molecule is CC(=O)c1cccc(NC(=O)c2cccc(C(=O)Nc3cccc(F)c3)n2)c1. The van der Waals surface area contributed by atoms with Crippen molar-refractivity contribution in [2.75, 3.05) is 10.6 Å². The van der Waals surface area contributed by atoms with Crippen LogP contribution in [-0.2, 0) is 0 Å². The highest BCUT2D eigenvalue weighted by Crippen LogP contribution is 2.14. The standard InChI is InChI=1S/C21H16FN3O3/c1-13(26)14-5-2-7-16(11-14)23-20(27)18-9-4-10-19(25-18)21(28)24-17-8-3-6-15(22)12-17/h2-12H,1H3,(H,23,27)(H,24,28). The monoisotopic (exact) mass is 377 g/mol. The maximum Gasteiger partial charge on any atom is 0.274 e. The number of rotatable bonds is 5. The summed E-state index contributed by atoms with van der Waals surface area (Å²) in [6.45, 7) is 1.43. The molecule has 0 atom stereocenters. The van der Waals surface area contributed by atoms with Gasteiger partial charge in [-0.2, -0.15) is 0 Å². The Hall–Kier alpha value is -3.87. The predicted molar refractivity (Wildman–Crippen MR) is 103 cm³/mol. The van der Waals surface area contributed by atoms with Crippen LogP contribution in [0.25, 0.3) is 0 Å². The van der Waals surface area contributed by atoms with Crippen LogP contribution < -0.4 is 10.6 Å². The Morgan fingerprint density at radius 3 is 1.89 bits per heavy atom. The van der Waals surface area contributed by atoms with Gasteiger partial charge in [-0.15, -0.1) is 0 Å². The number of carbonyl (C=O) groups excluding carboxylic acids is 3. The zero-order chi connectivity index (χ0) is 20.1. The summed E-state index contributed by atoms with van der Waals surface area (Å²) < 4.78 is 13.2. The van der Waals surface area contributed by atoms with Gasteiger partial charge in [-0.05, 0) is 49.4 Å². The summed E-state index contributed by atoms with van der Waals surface area (Å²) >= 11 is 0. The van der Waals surface area contributed by atoms with E-state index in [1.807, 2.05) is 0 Å². The molecule has 0 radical (unpaired) electrons. The van der Waals surface area contributed by atoms with Crippen molar-refractivity contribution in [1.29, 1.82) is 0 Å². The summed E-state index contributed by atoms with van der Waals surface area (Å²) in [5, 5.41) is 5.17. The highest BCUT2D eigenvalue weighted by Gasteiger charge is 2.13. The summed E-state index contributed by atoms with van der Waals surface area (Å²) in [4.78, 5) is 40.3. The lowest BCUT2D eigenvalue weighted by atomic mass is 10.1. The molecule has 0 spiro atoms. The Morgan fingerprint density at radius 2 is 1.32 bits per heavy atom. The first-order valence-corrected chi connectivity index (χ1v) is 8.39. The third kappa shape index (κ3) is 4.64. The van der Waals surface area contributed by atoms with Gasteiger partial charge in [0.05, 0.1) is 0 Å². The van der Waals surface area contributed by atoms with Crippen molar-refractivity contribution < 1.29 is 18.8 Å². The fourth-order valence-corrected chi connectivity index (χ4v) is 2.46. The first-order valence-electron chi connectivity index (χ1n) is 8.39. The Bertz CT molecular complexity index is 1070. The largest absolute Gasteiger partial charge is 0.321 e. The van der Waals surface area contributed by atoms with Crippen molar-refractivity contribution in [3.05, 3.63) is 89.5 Å². The number of pyridine rings is 1. The highest BCUT2D eigenvalue weighted by atomic mass is 19.1. The smallest absolute Gasteiger partial charge is 0.274 e. The van der Waals surface area contributed by atoms with Crippen LogP contribution in [0.1, 0.15) is 38.3 Å². The Labute approximate surface area is 160 Å². The molecule has 0 aliphatic heterocycles. The molecular formula is C21H16FN3O3. The van der Waals surface area contributed by atoms with E-state index in [1.165, 1.54) is 43.3 Å². The highest BCUT2D eigenvalue weighted by molar-refractivity contribution is 6.06. The van der Waals surface area contributed by atoms with Gasteiger partial charge < -0.3 is 10.6 Å². The molecule has 0 aliphatic carbocycles. The van der Waals surface area contributed by atoms with Gasteiger partial charge in [-0.25, -0.2) is 9.37 Å². The van der Waals surface area contributed by atoms with Crippen molar-refractivity contribution in [2.24, 2.45) is 0 Å². The molecule has 140 valence electrons. The van der Waals surface area contributed by atoms with E-state index in [0.29, 0.717) is 11.3 Å². The molecule has 2 amide bonds. The average Bonchev–Trinajstić information content (AvgIpc) is 2.68. The number of nitrogens with one attached hydrogen (secondary N) is 2. The van der Waals surface area contributed by atoms with Gasteiger partial charge in [0.25, 0.3) is 11.8 Å². The van der Waals surface area contributed by atoms with Crippen LogP contribution in [0.2, 0.25) is 0 Å². The number of aromatic nitrogens is 1. The second-order valence-electron chi connectivity index (χ2n) is 5.96. The average molecular weight is 377 g/mol. The molecule has 6 nitrogen and oxygen atoms in total. The van der Waals surface area contributed by atoms with E-state index in [1.54, 1.807) is 30.3 Å². The van der Waals surface area contributed by atoms with E-state index in [-0.39, 0.29) is 22.9 Å². The van der Waals surface area contributed by atoms with Crippen LogP contribution in [0, 0.1) is 5.82 Å². The molecular weight excluding hydrogens is 361 g/mol. The lowest BCUT2D eigenvalue weighted by Crippen LogP contribution is -2.18. The first kappa shape index (κ1) is 18.9. The summed E-state index contributed by atoms with van der Waals surface area (Å²) in [6, 6.07) is 16.4. The number of halogens is 1. The van der Waals surface area contributed by atoms with Crippen LogP contribution in [-0.4, -0.2) is 22.6 Å². The van der Waals surface area contributed by atoms with E-state index in [0.717, 1.165) is 0 Å². The van der Waals surface area contributed by atoms with Gasteiger partial charge in [-0.3, -0.25) is 14.4 Å². The van der Waals surface area contributed by atoms with Crippen molar-refractivity contribution in [2.45, 2.75) is 6.92 Å². The van der Waals surface area contributed by atoms with E-state index in [4.69, 9.17) is 0 Å². The number of anilines is 2. The number of hydrogen-bond acceptors (Lipinski definition) is 4. The molecule has 0 saturated carbocycles. The molecule has 0 saturated heterocycles. The number of nitrogens with zero attached hydrogens (tertiary/aromatic N) is 1. The van der Waals surface area contributed by atoms with Crippen LogP contribution in [0.3, 0.4) is 0 Å². The Morgan fingerprint density at radius 1 is 0.786 bits per heavy atom. The minimum atomic E-state index is -0.571. The zero-order valence-corrected chi connectivity index (χ0v) is 14.9. The molecule has 0 fully saturated rings. The van der Waals surface area contributed by atoms with Crippen molar-refractivity contribution >= 4 is 29.0 Å². The quantitative estimate of drug-likeness (QED) is 0.660. The molecule has 0 aliphatic rings. The number of amides is 2. The molecule has 2 aromatic carbocycles. The van der Waals surface area contributed by atoms with Crippen molar-refractivity contribution in [1.82, 2.24) is 4.98 Å². The van der Waals surface area contributed by atoms with Crippen LogP contribution in [0.4, 0.5) is 15.8 Å². The molecule has 0 unspecified atom stereocenters. The lowest BCUT2D eigenvalue weighted by molar-refractivity contribution is 0.100. The van der Waals surface area contributed by atoms with E-state index >= 15 is 0 Å². The lowest BCUT2D eigenvalue weighted by Gasteiger charge is -2.08. The molecule has 3 aromatic rings. The topological polar surface area (TPSA) is 88.2 Å². The van der Waals surface area contributed by atoms with Crippen molar-refractivity contribution in [3.63, 3.8) is 0 Å². The normalized spacial score (nSPS) is 10.2. The van der Waals surface area contributed by atoms with Gasteiger partial charge >= 0.3 is 0 Å². The summed E-state index contributed by atoms with van der Waals surface area (Å²) in [5.74, 6) is -1.70. The maximum atomic E-state index is 13.2. The van der Waals surface area contributed by atoms with Crippen LogP contribution in [0.5, 0.6) is 0 Å². The third-order valence-corrected chi connectivity index (χ3v) is 3.82. The minimum Gasteiger partial charge on any atom is -0.321 e. The number of benzene rings is 2. The van der Waals surface area contributed by atoms with Gasteiger partial charge in [0, 0.05) is 16.9 Å². The molecule has 2 N–H and O–H groups in total. The maximum absolute atomic E-state index is 13.2. The fourth-order valence-electron chi connectivity index (χ4n) is 2.46. The molecule has 3 rings (SSSR count). The Balaban J connectivity index is 1.75. The second-order valence-corrected chi connectivity index (χ2v) is 5.96. The molecule has 1 aromatic heterocycles. The third-order valence-electron chi connectivity index (χ3n) is 3.82.